The van der Waals surface area contributed by atoms with E-state index in [1.54, 1.807) is 0 Å². The summed E-state index contributed by atoms with van der Waals surface area (Å²) in [5.74, 6) is 0. The first-order valence-corrected chi connectivity index (χ1v) is 8.33. The van der Waals surface area contributed by atoms with E-state index >= 15 is 0 Å². The lowest BCUT2D eigenvalue weighted by Crippen LogP contribution is -2.32. The van der Waals surface area contributed by atoms with Crippen molar-refractivity contribution in [3.63, 3.8) is 0 Å². The Morgan fingerprint density at radius 3 is 1.74 bits per heavy atom. The fourth-order valence-corrected chi connectivity index (χ4v) is 2.41. The van der Waals surface area contributed by atoms with E-state index in [0.717, 1.165) is 6.54 Å². The SMILES string of the molecule is CCCCCCCCCCCCN(CC#N)C(C)C. The Kier molecular flexibility index (Phi) is 13.5. The maximum absolute atomic E-state index is 8.76. The predicted molar refractivity (Wildman–Crippen MR) is 84.2 cm³/mol. The second-order valence-electron chi connectivity index (χ2n) is 5.90. The molecule has 0 aliphatic heterocycles. The Balaban J connectivity index is 3.28. The quantitative estimate of drug-likeness (QED) is 0.341. The van der Waals surface area contributed by atoms with Crippen molar-refractivity contribution in [2.24, 2.45) is 0 Å². The van der Waals surface area contributed by atoms with Gasteiger partial charge in [0.2, 0.25) is 0 Å². The largest absolute Gasteiger partial charge is 0.288 e. The van der Waals surface area contributed by atoms with Crippen molar-refractivity contribution in [2.45, 2.75) is 91.0 Å². The van der Waals surface area contributed by atoms with Gasteiger partial charge in [0.05, 0.1) is 12.6 Å². The van der Waals surface area contributed by atoms with Crippen LogP contribution in [0.25, 0.3) is 0 Å². The fraction of sp³-hybridized carbons (Fsp3) is 0.941. The number of unbranched alkanes of at least 4 members (excludes halogenated alkanes) is 9. The van der Waals surface area contributed by atoms with E-state index in [4.69, 9.17) is 5.26 Å². The lowest BCUT2D eigenvalue weighted by Gasteiger charge is -2.23. The van der Waals surface area contributed by atoms with E-state index < -0.39 is 0 Å². The van der Waals surface area contributed by atoms with Crippen LogP contribution in [-0.4, -0.2) is 24.0 Å². The first kappa shape index (κ1) is 18.4. The maximum atomic E-state index is 8.76. The van der Waals surface area contributed by atoms with Gasteiger partial charge in [-0.1, -0.05) is 64.7 Å². The molecule has 19 heavy (non-hydrogen) atoms. The van der Waals surface area contributed by atoms with Crippen molar-refractivity contribution >= 4 is 0 Å². The Labute approximate surface area is 121 Å². The van der Waals surface area contributed by atoms with Crippen molar-refractivity contribution in [3.05, 3.63) is 0 Å². The van der Waals surface area contributed by atoms with Crippen molar-refractivity contribution in [1.82, 2.24) is 4.90 Å². The van der Waals surface area contributed by atoms with Gasteiger partial charge in [-0.05, 0) is 26.8 Å². The zero-order chi connectivity index (χ0) is 14.3. The Hall–Kier alpha value is -0.550. The van der Waals surface area contributed by atoms with E-state index in [2.05, 4.69) is 31.7 Å². The summed E-state index contributed by atoms with van der Waals surface area (Å²) >= 11 is 0. The molecule has 2 heteroatoms. The van der Waals surface area contributed by atoms with Crippen LogP contribution >= 0.6 is 0 Å². The van der Waals surface area contributed by atoms with Gasteiger partial charge in [-0.3, -0.25) is 4.90 Å². The zero-order valence-corrected chi connectivity index (χ0v) is 13.5. The Morgan fingerprint density at radius 1 is 0.842 bits per heavy atom. The van der Waals surface area contributed by atoms with Gasteiger partial charge in [0, 0.05) is 6.04 Å². The molecule has 0 aromatic carbocycles. The van der Waals surface area contributed by atoms with Crippen LogP contribution in [0.4, 0.5) is 0 Å². The molecule has 0 radical (unpaired) electrons. The molecule has 0 atom stereocenters. The van der Waals surface area contributed by atoms with Crippen LogP contribution in [-0.2, 0) is 0 Å². The minimum atomic E-state index is 0.498. The molecule has 112 valence electrons. The van der Waals surface area contributed by atoms with E-state index in [0.29, 0.717) is 12.6 Å². The van der Waals surface area contributed by atoms with Crippen molar-refractivity contribution < 1.29 is 0 Å². The molecule has 0 rings (SSSR count). The van der Waals surface area contributed by atoms with Crippen LogP contribution in [0.5, 0.6) is 0 Å². The van der Waals surface area contributed by atoms with Crippen LogP contribution in [0.3, 0.4) is 0 Å². The van der Waals surface area contributed by atoms with Gasteiger partial charge in [-0.25, -0.2) is 0 Å². The Bertz CT molecular complexity index is 218. The third-order valence-corrected chi connectivity index (χ3v) is 3.80. The predicted octanol–water partition coefficient (Wildman–Crippen LogP) is 5.14. The van der Waals surface area contributed by atoms with Crippen LogP contribution in [0.1, 0.15) is 85.0 Å². The summed E-state index contributed by atoms with van der Waals surface area (Å²) in [7, 11) is 0. The molecule has 0 aliphatic carbocycles. The molecule has 0 saturated carbocycles. The zero-order valence-electron chi connectivity index (χ0n) is 13.5. The molecular formula is C17H34N2. The van der Waals surface area contributed by atoms with Gasteiger partial charge in [0.1, 0.15) is 0 Å². The summed E-state index contributed by atoms with van der Waals surface area (Å²) in [6.45, 7) is 8.28. The number of hydrogen-bond acceptors (Lipinski definition) is 2. The van der Waals surface area contributed by atoms with E-state index in [-0.39, 0.29) is 0 Å². The fourth-order valence-electron chi connectivity index (χ4n) is 2.41. The number of nitriles is 1. The third kappa shape index (κ3) is 12.2. The number of nitrogens with zero attached hydrogens (tertiary/aromatic N) is 2. The molecule has 0 bridgehead atoms. The van der Waals surface area contributed by atoms with Crippen LogP contribution in [0.2, 0.25) is 0 Å². The lowest BCUT2D eigenvalue weighted by atomic mass is 10.1. The molecule has 2 nitrogen and oxygen atoms in total. The van der Waals surface area contributed by atoms with Crippen molar-refractivity contribution in [1.29, 1.82) is 5.26 Å². The summed E-state index contributed by atoms with van der Waals surface area (Å²) in [4.78, 5) is 2.27. The van der Waals surface area contributed by atoms with Gasteiger partial charge in [-0.2, -0.15) is 5.26 Å². The molecule has 0 N–H and O–H groups in total. The summed E-state index contributed by atoms with van der Waals surface area (Å²) in [6, 6.07) is 2.76. The second-order valence-corrected chi connectivity index (χ2v) is 5.90. The van der Waals surface area contributed by atoms with Gasteiger partial charge >= 0.3 is 0 Å². The minimum absolute atomic E-state index is 0.498. The molecule has 0 aromatic heterocycles. The molecule has 0 amide bonds. The molecule has 0 aromatic rings. The average Bonchev–Trinajstić information content (AvgIpc) is 2.39. The number of rotatable bonds is 13. The van der Waals surface area contributed by atoms with Crippen molar-refractivity contribution in [3.8, 4) is 6.07 Å². The normalized spacial score (nSPS) is 11.2. The van der Waals surface area contributed by atoms with Gasteiger partial charge in [-0.15, -0.1) is 0 Å². The summed E-state index contributed by atoms with van der Waals surface area (Å²) < 4.78 is 0. The van der Waals surface area contributed by atoms with Gasteiger partial charge in [0.15, 0.2) is 0 Å². The molecule has 0 spiro atoms. The highest BCUT2D eigenvalue weighted by Crippen LogP contribution is 2.11. The summed E-state index contributed by atoms with van der Waals surface area (Å²) in [6.07, 6.45) is 13.8. The highest BCUT2D eigenvalue weighted by molar-refractivity contribution is 4.78. The molecule has 0 unspecified atom stereocenters. The summed E-state index contributed by atoms with van der Waals surface area (Å²) in [5, 5.41) is 8.76. The maximum Gasteiger partial charge on any atom is 0.0868 e. The average molecular weight is 266 g/mol. The summed E-state index contributed by atoms with van der Waals surface area (Å²) in [5.41, 5.74) is 0. The highest BCUT2D eigenvalue weighted by Gasteiger charge is 2.07. The minimum Gasteiger partial charge on any atom is -0.288 e. The smallest absolute Gasteiger partial charge is 0.0868 e. The molecule has 0 heterocycles. The topological polar surface area (TPSA) is 27.0 Å². The standard InChI is InChI=1S/C17H34N2/c1-4-5-6-7-8-9-10-11-12-13-15-19(16-14-18)17(2)3/h17H,4-13,15-16H2,1-3H3. The van der Waals surface area contributed by atoms with Crippen LogP contribution in [0, 0.1) is 11.3 Å². The molecule has 0 fully saturated rings. The second kappa shape index (κ2) is 13.9. The third-order valence-electron chi connectivity index (χ3n) is 3.80. The Morgan fingerprint density at radius 2 is 1.32 bits per heavy atom. The molecule has 0 aliphatic rings. The van der Waals surface area contributed by atoms with E-state index in [1.807, 2.05) is 0 Å². The first-order valence-electron chi connectivity index (χ1n) is 8.33. The number of hydrogen-bond donors (Lipinski definition) is 0. The lowest BCUT2D eigenvalue weighted by molar-refractivity contribution is 0.243. The molecule has 0 saturated heterocycles. The van der Waals surface area contributed by atoms with Gasteiger partial charge in [0.25, 0.3) is 0 Å². The van der Waals surface area contributed by atoms with Crippen LogP contribution < -0.4 is 0 Å². The highest BCUT2D eigenvalue weighted by atomic mass is 15.1. The van der Waals surface area contributed by atoms with Crippen LogP contribution in [0.15, 0.2) is 0 Å². The monoisotopic (exact) mass is 266 g/mol. The van der Waals surface area contributed by atoms with Crippen molar-refractivity contribution in [2.75, 3.05) is 13.1 Å². The van der Waals surface area contributed by atoms with E-state index in [1.165, 1.54) is 64.2 Å². The first-order chi connectivity index (χ1) is 9.22. The van der Waals surface area contributed by atoms with E-state index in [9.17, 15) is 0 Å². The van der Waals surface area contributed by atoms with Gasteiger partial charge < -0.3 is 0 Å². The molecular weight excluding hydrogens is 232 g/mol.